The molecule has 0 aliphatic carbocycles. The number of carboxylic acids is 1. The molecule has 2 aromatic heterocycles. The first-order valence-corrected chi connectivity index (χ1v) is 4.36. The molecule has 0 aliphatic rings. The molecule has 5 nitrogen and oxygen atoms in total. The molecule has 2 rings (SSSR count). The van der Waals surface area contributed by atoms with Crippen molar-refractivity contribution in [1.29, 1.82) is 0 Å². The van der Waals surface area contributed by atoms with Gasteiger partial charge in [-0.2, -0.15) is 0 Å². The molecule has 0 saturated carbocycles. The highest BCUT2D eigenvalue weighted by molar-refractivity contribution is 6.33. The summed E-state index contributed by atoms with van der Waals surface area (Å²) in [4.78, 5) is 14.4. The van der Waals surface area contributed by atoms with Gasteiger partial charge in [0.25, 0.3) is 0 Å². The van der Waals surface area contributed by atoms with Gasteiger partial charge in [-0.3, -0.25) is 4.98 Å². The van der Waals surface area contributed by atoms with Gasteiger partial charge < -0.3 is 9.63 Å². The Bertz CT molecular complexity index is 510. The van der Waals surface area contributed by atoms with Crippen molar-refractivity contribution in [3.63, 3.8) is 0 Å². The van der Waals surface area contributed by atoms with E-state index in [0.717, 1.165) is 0 Å². The second-order valence-corrected chi connectivity index (χ2v) is 3.14. The van der Waals surface area contributed by atoms with E-state index in [0.29, 0.717) is 16.3 Å². The molecule has 0 unspecified atom stereocenters. The molecule has 0 amide bonds. The van der Waals surface area contributed by atoms with Gasteiger partial charge in [-0.25, -0.2) is 4.79 Å². The Kier molecular flexibility index (Phi) is 2.39. The van der Waals surface area contributed by atoms with Gasteiger partial charge >= 0.3 is 5.97 Å². The Morgan fingerprint density at radius 1 is 1.53 bits per heavy atom. The van der Waals surface area contributed by atoms with Crippen molar-refractivity contribution < 1.29 is 14.4 Å². The van der Waals surface area contributed by atoms with Gasteiger partial charge in [0.2, 0.25) is 5.76 Å². The SMILES string of the molecule is O=C(O)c1cc(-c2ccncc2Cl)no1. The number of rotatable bonds is 2. The highest BCUT2D eigenvalue weighted by Crippen LogP contribution is 2.25. The van der Waals surface area contributed by atoms with Crippen LogP contribution in [0.25, 0.3) is 11.3 Å². The summed E-state index contributed by atoms with van der Waals surface area (Å²) in [6.45, 7) is 0. The molecule has 0 radical (unpaired) electrons. The molecule has 1 N–H and O–H groups in total. The standard InChI is InChI=1S/C9H5ClN2O3/c10-6-4-11-2-1-5(6)7-3-8(9(13)14)15-12-7/h1-4H,(H,13,14). The lowest BCUT2D eigenvalue weighted by atomic mass is 10.2. The number of nitrogens with zero attached hydrogens (tertiary/aromatic N) is 2. The largest absolute Gasteiger partial charge is 0.475 e. The van der Waals surface area contributed by atoms with Crippen molar-refractivity contribution in [2.75, 3.05) is 0 Å². The Morgan fingerprint density at radius 2 is 2.33 bits per heavy atom. The Morgan fingerprint density at radius 3 is 2.93 bits per heavy atom. The van der Waals surface area contributed by atoms with E-state index >= 15 is 0 Å². The first-order chi connectivity index (χ1) is 7.18. The van der Waals surface area contributed by atoms with E-state index < -0.39 is 5.97 Å². The summed E-state index contributed by atoms with van der Waals surface area (Å²) >= 11 is 5.86. The topological polar surface area (TPSA) is 76.2 Å². The fourth-order valence-corrected chi connectivity index (χ4v) is 1.30. The molecule has 0 aliphatic heterocycles. The van der Waals surface area contributed by atoms with Crippen LogP contribution in [-0.2, 0) is 0 Å². The molecule has 0 spiro atoms. The third-order valence-corrected chi connectivity index (χ3v) is 2.07. The molecule has 0 bridgehead atoms. The van der Waals surface area contributed by atoms with Gasteiger partial charge in [0.15, 0.2) is 0 Å². The van der Waals surface area contributed by atoms with Gasteiger partial charge in [0.05, 0.1) is 5.02 Å². The van der Waals surface area contributed by atoms with E-state index in [-0.39, 0.29) is 5.76 Å². The quantitative estimate of drug-likeness (QED) is 0.845. The van der Waals surface area contributed by atoms with Crippen LogP contribution >= 0.6 is 11.6 Å². The second kappa shape index (κ2) is 3.70. The molecule has 15 heavy (non-hydrogen) atoms. The molecule has 0 atom stereocenters. The summed E-state index contributed by atoms with van der Waals surface area (Å²) < 4.78 is 4.61. The van der Waals surface area contributed by atoms with E-state index in [2.05, 4.69) is 14.7 Å². The number of pyridine rings is 1. The molecule has 6 heteroatoms. The van der Waals surface area contributed by atoms with Crippen LogP contribution in [0.3, 0.4) is 0 Å². The average Bonchev–Trinajstić information content (AvgIpc) is 2.67. The van der Waals surface area contributed by atoms with E-state index in [1.807, 2.05) is 0 Å². The Balaban J connectivity index is 2.46. The maximum absolute atomic E-state index is 10.6. The van der Waals surface area contributed by atoms with Crippen molar-refractivity contribution in [3.8, 4) is 11.3 Å². The fraction of sp³-hybridized carbons (Fsp3) is 0. The van der Waals surface area contributed by atoms with Crippen LogP contribution in [0.4, 0.5) is 0 Å². The smallest absolute Gasteiger partial charge is 0.374 e. The Labute approximate surface area is 89.3 Å². The van der Waals surface area contributed by atoms with Crippen LogP contribution in [0.1, 0.15) is 10.6 Å². The van der Waals surface area contributed by atoms with E-state index in [4.69, 9.17) is 16.7 Å². The van der Waals surface area contributed by atoms with Crippen molar-refractivity contribution in [2.24, 2.45) is 0 Å². The first-order valence-electron chi connectivity index (χ1n) is 3.98. The van der Waals surface area contributed by atoms with Crippen molar-refractivity contribution in [3.05, 3.63) is 35.3 Å². The number of carboxylic acid groups (broad SMARTS) is 1. The normalized spacial score (nSPS) is 10.2. The summed E-state index contributed by atoms with van der Waals surface area (Å²) in [7, 11) is 0. The van der Waals surface area contributed by atoms with Crippen LogP contribution in [0, 0.1) is 0 Å². The fourth-order valence-electron chi connectivity index (χ4n) is 1.09. The van der Waals surface area contributed by atoms with Gasteiger partial charge in [-0.15, -0.1) is 0 Å². The minimum Gasteiger partial charge on any atom is -0.475 e. The summed E-state index contributed by atoms with van der Waals surface area (Å²) in [5.74, 6) is -1.39. The zero-order chi connectivity index (χ0) is 10.8. The second-order valence-electron chi connectivity index (χ2n) is 2.74. The molecule has 0 saturated heterocycles. The summed E-state index contributed by atoms with van der Waals surface area (Å²) in [5.41, 5.74) is 0.961. The van der Waals surface area contributed by atoms with Crippen molar-refractivity contribution in [1.82, 2.24) is 10.1 Å². The van der Waals surface area contributed by atoms with Crippen LogP contribution in [0.2, 0.25) is 5.02 Å². The first kappa shape index (κ1) is 9.67. The van der Waals surface area contributed by atoms with Crippen LogP contribution in [0.15, 0.2) is 29.0 Å². The minimum atomic E-state index is -1.17. The maximum Gasteiger partial charge on any atom is 0.374 e. The summed E-state index contributed by atoms with van der Waals surface area (Å²) in [6, 6.07) is 2.94. The molecule has 0 fully saturated rings. The maximum atomic E-state index is 10.6. The minimum absolute atomic E-state index is 0.224. The number of aromatic nitrogens is 2. The van der Waals surface area contributed by atoms with Crippen LogP contribution < -0.4 is 0 Å². The van der Waals surface area contributed by atoms with Crippen molar-refractivity contribution >= 4 is 17.6 Å². The lowest BCUT2D eigenvalue weighted by Crippen LogP contribution is -1.91. The Hall–Kier alpha value is -1.88. The monoisotopic (exact) mass is 224 g/mol. The van der Waals surface area contributed by atoms with Crippen LogP contribution in [-0.4, -0.2) is 21.2 Å². The molecular weight excluding hydrogens is 220 g/mol. The van der Waals surface area contributed by atoms with Gasteiger partial charge in [-0.05, 0) is 6.07 Å². The highest BCUT2D eigenvalue weighted by atomic mass is 35.5. The molecule has 2 aromatic rings. The zero-order valence-corrected chi connectivity index (χ0v) is 8.10. The van der Waals surface area contributed by atoms with Gasteiger partial charge in [-0.1, -0.05) is 16.8 Å². The lowest BCUT2D eigenvalue weighted by molar-refractivity contribution is 0.0652. The lowest BCUT2D eigenvalue weighted by Gasteiger charge is -1.96. The third kappa shape index (κ3) is 1.82. The van der Waals surface area contributed by atoms with E-state index in [1.54, 1.807) is 6.07 Å². The third-order valence-electron chi connectivity index (χ3n) is 1.77. The summed E-state index contributed by atoms with van der Waals surface area (Å²) in [6.07, 6.45) is 2.99. The average molecular weight is 225 g/mol. The molecular formula is C9H5ClN2O3. The number of halogens is 1. The van der Waals surface area contributed by atoms with Crippen LogP contribution in [0.5, 0.6) is 0 Å². The highest BCUT2D eigenvalue weighted by Gasteiger charge is 2.13. The van der Waals surface area contributed by atoms with Crippen molar-refractivity contribution in [2.45, 2.75) is 0 Å². The number of carbonyl (C=O) groups is 1. The summed E-state index contributed by atoms with van der Waals surface area (Å²) in [5, 5.41) is 12.6. The van der Waals surface area contributed by atoms with E-state index in [1.165, 1.54) is 18.5 Å². The van der Waals surface area contributed by atoms with Gasteiger partial charge in [0, 0.05) is 24.0 Å². The van der Waals surface area contributed by atoms with Gasteiger partial charge in [0.1, 0.15) is 5.69 Å². The number of aromatic carboxylic acids is 1. The predicted octanol–water partition coefficient (Wildman–Crippen LogP) is 2.09. The van der Waals surface area contributed by atoms with E-state index in [9.17, 15) is 4.79 Å². The number of hydrogen-bond acceptors (Lipinski definition) is 4. The zero-order valence-electron chi connectivity index (χ0n) is 7.35. The molecule has 76 valence electrons. The molecule has 0 aromatic carbocycles. The molecule has 2 heterocycles. The predicted molar refractivity (Wildman–Crippen MR) is 51.7 cm³/mol. The number of hydrogen-bond donors (Lipinski definition) is 1.